The van der Waals surface area contributed by atoms with E-state index < -0.39 is 0 Å². The molecule has 0 spiro atoms. The van der Waals surface area contributed by atoms with Crippen LogP contribution in [-0.4, -0.2) is 28.9 Å². The van der Waals surface area contributed by atoms with Gasteiger partial charge in [-0.25, -0.2) is 4.98 Å². The number of rotatable bonds is 7. The molecule has 0 aliphatic carbocycles. The summed E-state index contributed by atoms with van der Waals surface area (Å²) in [6, 6.07) is 15.2. The van der Waals surface area contributed by atoms with Crippen molar-refractivity contribution in [1.82, 2.24) is 9.55 Å². The van der Waals surface area contributed by atoms with Gasteiger partial charge in [0.2, 0.25) is 0 Å². The molecule has 8 heteroatoms. The van der Waals surface area contributed by atoms with E-state index in [1.807, 2.05) is 47.0 Å². The van der Waals surface area contributed by atoms with Crippen LogP contribution in [-0.2, 0) is 13.2 Å². The molecular weight excluding hydrogens is 402 g/mol. The van der Waals surface area contributed by atoms with Crippen LogP contribution in [0.15, 0.2) is 48.8 Å². The van der Waals surface area contributed by atoms with Crippen molar-refractivity contribution in [2.45, 2.75) is 13.2 Å². The van der Waals surface area contributed by atoms with E-state index in [2.05, 4.69) is 11.1 Å². The number of fused-ring (bicyclic) bond motifs is 1. The summed E-state index contributed by atoms with van der Waals surface area (Å²) in [7, 11) is 3.17. The molecule has 2 aromatic heterocycles. The standard InChI is InChI=1S/C22H19N3O4S/c1-27-18-7-16-17(8-19(18)28-2)25(13-24-16)22-9-20(21(10-23)30-22)29-12-15-5-3-14(11-26)4-6-15/h3-9,13,26H,11-12H2,1-2H3. The number of nitrogens with zero attached hydrogens (tertiary/aromatic N) is 3. The van der Waals surface area contributed by atoms with Crippen molar-refractivity contribution < 1.29 is 19.3 Å². The minimum absolute atomic E-state index is 0.00311. The van der Waals surface area contributed by atoms with Crippen LogP contribution in [0.3, 0.4) is 0 Å². The second-order valence-corrected chi connectivity index (χ2v) is 7.49. The van der Waals surface area contributed by atoms with Crippen molar-refractivity contribution in [3.05, 3.63) is 64.8 Å². The first-order valence-electron chi connectivity index (χ1n) is 9.11. The third-order valence-electron chi connectivity index (χ3n) is 4.68. The highest BCUT2D eigenvalue weighted by Crippen LogP contribution is 2.36. The summed E-state index contributed by atoms with van der Waals surface area (Å²) < 4.78 is 18.5. The first-order chi connectivity index (χ1) is 14.7. The predicted octanol–water partition coefficient (Wildman–Crippen LogP) is 4.05. The molecule has 0 fully saturated rings. The molecule has 0 saturated carbocycles. The summed E-state index contributed by atoms with van der Waals surface area (Å²) in [4.78, 5) is 4.93. The Morgan fingerprint density at radius 3 is 2.40 bits per heavy atom. The monoisotopic (exact) mass is 421 g/mol. The third kappa shape index (κ3) is 3.68. The van der Waals surface area contributed by atoms with Crippen LogP contribution < -0.4 is 14.2 Å². The summed E-state index contributed by atoms with van der Waals surface area (Å²) >= 11 is 1.33. The number of methoxy groups -OCH3 is 2. The van der Waals surface area contributed by atoms with E-state index in [4.69, 9.17) is 19.3 Å². The highest BCUT2D eigenvalue weighted by molar-refractivity contribution is 7.15. The number of hydrogen-bond donors (Lipinski definition) is 1. The average Bonchev–Trinajstić information content (AvgIpc) is 3.40. The van der Waals surface area contributed by atoms with E-state index in [0.29, 0.717) is 28.7 Å². The Morgan fingerprint density at radius 1 is 1.03 bits per heavy atom. The second kappa shape index (κ2) is 8.45. The summed E-state index contributed by atoms with van der Waals surface area (Å²) in [5.41, 5.74) is 3.39. The van der Waals surface area contributed by atoms with Crippen molar-refractivity contribution in [3.63, 3.8) is 0 Å². The van der Waals surface area contributed by atoms with Gasteiger partial charge in [0.15, 0.2) is 17.2 Å². The lowest BCUT2D eigenvalue weighted by atomic mass is 10.1. The molecule has 1 N–H and O–H groups in total. The molecule has 152 valence electrons. The predicted molar refractivity (Wildman–Crippen MR) is 113 cm³/mol. The Bertz CT molecular complexity index is 1220. The van der Waals surface area contributed by atoms with Crippen molar-refractivity contribution in [2.24, 2.45) is 0 Å². The first kappa shape index (κ1) is 19.8. The van der Waals surface area contributed by atoms with Crippen LogP contribution >= 0.6 is 11.3 Å². The fourth-order valence-corrected chi connectivity index (χ4v) is 3.96. The Hall–Kier alpha value is -3.54. The number of ether oxygens (including phenoxy) is 3. The fraction of sp³-hybridized carbons (Fsp3) is 0.182. The molecule has 0 atom stereocenters. The minimum Gasteiger partial charge on any atom is -0.493 e. The van der Waals surface area contributed by atoms with E-state index in [-0.39, 0.29) is 6.61 Å². The molecule has 0 radical (unpaired) electrons. The topological polar surface area (TPSA) is 89.5 Å². The molecule has 0 bridgehead atoms. The molecule has 30 heavy (non-hydrogen) atoms. The van der Waals surface area contributed by atoms with E-state index in [0.717, 1.165) is 27.2 Å². The molecule has 0 saturated heterocycles. The molecule has 7 nitrogen and oxygen atoms in total. The van der Waals surface area contributed by atoms with Crippen LogP contribution in [0.4, 0.5) is 0 Å². The van der Waals surface area contributed by atoms with Crippen molar-refractivity contribution in [1.29, 1.82) is 5.26 Å². The molecule has 0 amide bonds. The normalized spacial score (nSPS) is 10.7. The number of aliphatic hydroxyl groups is 1. The van der Waals surface area contributed by atoms with Gasteiger partial charge in [-0.15, -0.1) is 11.3 Å². The smallest absolute Gasteiger partial charge is 0.163 e. The zero-order valence-corrected chi connectivity index (χ0v) is 17.3. The SMILES string of the molecule is COc1cc2ncn(-c3cc(OCc4ccc(CO)cc4)c(C#N)s3)c2cc1OC. The number of imidazole rings is 1. The van der Waals surface area contributed by atoms with Crippen molar-refractivity contribution >= 4 is 22.4 Å². The number of nitriles is 1. The maximum atomic E-state index is 9.55. The number of hydrogen-bond acceptors (Lipinski definition) is 7. The highest BCUT2D eigenvalue weighted by Gasteiger charge is 2.16. The molecule has 2 aromatic carbocycles. The fourth-order valence-electron chi connectivity index (χ4n) is 3.08. The zero-order chi connectivity index (χ0) is 21.1. The summed E-state index contributed by atoms with van der Waals surface area (Å²) in [5, 5.41) is 19.5. The molecule has 2 heterocycles. The lowest BCUT2D eigenvalue weighted by molar-refractivity contribution is 0.281. The molecule has 0 aliphatic heterocycles. The van der Waals surface area contributed by atoms with E-state index in [1.165, 1.54) is 11.3 Å². The van der Waals surface area contributed by atoms with Gasteiger partial charge in [0.05, 0.1) is 31.9 Å². The third-order valence-corrected chi connectivity index (χ3v) is 5.70. The number of aromatic nitrogens is 2. The van der Waals surface area contributed by atoms with Gasteiger partial charge in [-0.2, -0.15) is 5.26 Å². The Balaban J connectivity index is 1.64. The minimum atomic E-state index is 0.00311. The van der Waals surface area contributed by atoms with Crippen LogP contribution in [0.1, 0.15) is 16.0 Å². The number of aliphatic hydroxyl groups excluding tert-OH is 1. The summed E-state index contributed by atoms with van der Waals surface area (Å²) in [5.74, 6) is 1.73. The summed E-state index contributed by atoms with van der Waals surface area (Å²) in [6.07, 6.45) is 1.70. The molecule has 0 unspecified atom stereocenters. The number of benzene rings is 2. The highest BCUT2D eigenvalue weighted by atomic mass is 32.1. The van der Waals surface area contributed by atoms with Gasteiger partial charge in [0, 0.05) is 18.2 Å². The quantitative estimate of drug-likeness (QED) is 0.484. The van der Waals surface area contributed by atoms with Gasteiger partial charge in [-0.1, -0.05) is 24.3 Å². The Kier molecular flexibility index (Phi) is 5.57. The largest absolute Gasteiger partial charge is 0.493 e. The lowest BCUT2D eigenvalue weighted by Gasteiger charge is -2.08. The summed E-state index contributed by atoms with van der Waals surface area (Å²) in [6.45, 7) is 0.329. The second-order valence-electron chi connectivity index (χ2n) is 6.46. The van der Waals surface area contributed by atoms with E-state index in [1.54, 1.807) is 20.5 Å². The van der Waals surface area contributed by atoms with Crippen LogP contribution in [0.25, 0.3) is 16.0 Å². The molecular formula is C22H19N3O4S. The number of thiophene rings is 1. The van der Waals surface area contributed by atoms with Gasteiger partial charge >= 0.3 is 0 Å². The van der Waals surface area contributed by atoms with Gasteiger partial charge in [0.1, 0.15) is 28.9 Å². The molecule has 0 aliphatic rings. The van der Waals surface area contributed by atoms with Gasteiger partial charge in [-0.05, 0) is 11.1 Å². The lowest BCUT2D eigenvalue weighted by Crippen LogP contribution is -1.96. The van der Waals surface area contributed by atoms with Crippen LogP contribution in [0, 0.1) is 11.3 Å². The first-order valence-corrected chi connectivity index (χ1v) is 9.93. The van der Waals surface area contributed by atoms with E-state index in [9.17, 15) is 5.26 Å². The van der Waals surface area contributed by atoms with Gasteiger partial charge in [-0.3, -0.25) is 4.57 Å². The Morgan fingerprint density at radius 2 is 1.73 bits per heavy atom. The Labute approximate surface area is 177 Å². The maximum Gasteiger partial charge on any atom is 0.163 e. The van der Waals surface area contributed by atoms with Crippen LogP contribution in [0.2, 0.25) is 0 Å². The average molecular weight is 421 g/mol. The zero-order valence-electron chi connectivity index (χ0n) is 16.5. The molecule has 4 rings (SSSR count). The molecule has 4 aromatic rings. The van der Waals surface area contributed by atoms with Crippen molar-refractivity contribution in [3.8, 4) is 28.3 Å². The van der Waals surface area contributed by atoms with Gasteiger partial charge < -0.3 is 19.3 Å². The van der Waals surface area contributed by atoms with Crippen molar-refractivity contribution in [2.75, 3.05) is 14.2 Å². The van der Waals surface area contributed by atoms with Crippen LogP contribution in [0.5, 0.6) is 17.2 Å². The van der Waals surface area contributed by atoms with E-state index >= 15 is 0 Å². The maximum absolute atomic E-state index is 9.55. The van der Waals surface area contributed by atoms with Gasteiger partial charge in [0.25, 0.3) is 0 Å².